The molecule has 7 heteroatoms. The smallest absolute Gasteiger partial charge is 0.305 e. The number of carbonyl (C=O) groups is 2. The molecule has 1 saturated carbocycles. The van der Waals surface area contributed by atoms with E-state index < -0.39 is 0 Å². The van der Waals surface area contributed by atoms with Gasteiger partial charge in [-0.2, -0.15) is 0 Å². The lowest BCUT2D eigenvalue weighted by molar-refractivity contribution is -0.146. The predicted octanol–water partition coefficient (Wildman–Crippen LogP) is 15.2. The van der Waals surface area contributed by atoms with Crippen LogP contribution in [0.4, 0.5) is 0 Å². The number of ether oxygens (including phenoxy) is 2. The number of esters is 2. The zero-order valence-electron chi connectivity index (χ0n) is 42.4. The van der Waals surface area contributed by atoms with Gasteiger partial charge in [-0.1, -0.05) is 176 Å². The van der Waals surface area contributed by atoms with Crippen LogP contribution in [0.5, 0.6) is 0 Å². The number of carbonyl (C=O) groups excluding carboxylic acids is 2. The van der Waals surface area contributed by atoms with Crippen molar-refractivity contribution in [1.29, 1.82) is 0 Å². The number of unbranched alkanes of at least 4 members (excludes halogenated alkanes) is 20. The lowest BCUT2D eigenvalue weighted by Crippen LogP contribution is -2.44. The maximum atomic E-state index is 12.9. The molecule has 2 unspecified atom stereocenters. The molecule has 7 nitrogen and oxygen atoms in total. The summed E-state index contributed by atoms with van der Waals surface area (Å²) in [5, 5.41) is 10.1. The molecule has 0 saturated heterocycles. The maximum absolute atomic E-state index is 12.9. The molecular formula is C55H108N2O5. The SMILES string of the molecule is CCCCCCCCC(CCCCCC)COC(=O)CCCCCN(CCCCCC(=O)OCC(CCCCCC)CCCCCCCC)CCN(CCC)C1CCC(O)CC1. The molecule has 0 aromatic carbocycles. The van der Waals surface area contributed by atoms with E-state index in [1.165, 1.54) is 154 Å². The topological polar surface area (TPSA) is 79.3 Å². The van der Waals surface area contributed by atoms with Crippen LogP contribution in [0, 0.1) is 11.8 Å². The zero-order valence-corrected chi connectivity index (χ0v) is 42.4. The standard InChI is InChI=1S/C55H108N2O5/c1-6-11-15-19-21-27-35-50(33-25-17-13-8-3)48-61-54(59)37-29-23-31-44-56(46-47-57(43-10-5)52-39-41-53(58)42-40-52)45-32-24-30-38-55(60)62-49-51(34-26-18-14-9-4)36-28-22-20-16-12-7-2/h50-53,58H,6-49H2,1-5H3. The highest BCUT2D eigenvalue weighted by molar-refractivity contribution is 5.69. The summed E-state index contributed by atoms with van der Waals surface area (Å²) in [7, 11) is 0. The van der Waals surface area contributed by atoms with Gasteiger partial charge in [0.25, 0.3) is 0 Å². The van der Waals surface area contributed by atoms with Crippen molar-refractivity contribution in [1.82, 2.24) is 9.80 Å². The van der Waals surface area contributed by atoms with Crippen molar-refractivity contribution in [2.24, 2.45) is 11.8 Å². The van der Waals surface area contributed by atoms with Crippen LogP contribution in [0.2, 0.25) is 0 Å². The highest BCUT2D eigenvalue weighted by Crippen LogP contribution is 2.24. The first kappa shape index (κ1) is 58.8. The second-order valence-corrected chi connectivity index (χ2v) is 19.9. The Hall–Kier alpha value is -1.18. The van der Waals surface area contributed by atoms with E-state index in [4.69, 9.17) is 9.47 Å². The Morgan fingerprint density at radius 1 is 0.435 bits per heavy atom. The van der Waals surface area contributed by atoms with Crippen LogP contribution in [0.1, 0.15) is 272 Å². The summed E-state index contributed by atoms with van der Waals surface area (Å²) in [6.45, 7) is 17.9. The minimum atomic E-state index is -0.120. The summed E-state index contributed by atoms with van der Waals surface area (Å²) in [4.78, 5) is 31.1. The van der Waals surface area contributed by atoms with E-state index in [1.807, 2.05) is 0 Å². The van der Waals surface area contributed by atoms with Crippen LogP contribution >= 0.6 is 0 Å². The number of rotatable bonds is 46. The molecule has 0 radical (unpaired) electrons. The van der Waals surface area contributed by atoms with Gasteiger partial charge >= 0.3 is 11.9 Å². The number of aliphatic hydroxyl groups is 1. The third-order valence-corrected chi connectivity index (χ3v) is 13.9. The van der Waals surface area contributed by atoms with Crippen LogP contribution in [-0.4, -0.2) is 84.9 Å². The first-order chi connectivity index (χ1) is 30.4. The molecule has 0 amide bonds. The third kappa shape index (κ3) is 35.1. The van der Waals surface area contributed by atoms with E-state index in [9.17, 15) is 14.7 Å². The molecule has 0 bridgehead atoms. The molecule has 1 aliphatic rings. The van der Waals surface area contributed by atoms with E-state index in [1.54, 1.807) is 0 Å². The van der Waals surface area contributed by atoms with Gasteiger partial charge in [-0.3, -0.25) is 14.5 Å². The van der Waals surface area contributed by atoms with E-state index in [2.05, 4.69) is 44.4 Å². The van der Waals surface area contributed by atoms with Gasteiger partial charge in [-0.05, 0) is 115 Å². The number of nitrogens with zero attached hydrogens (tertiary/aromatic N) is 2. The maximum Gasteiger partial charge on any atom is 0.305 e. The minimum Gasteiger partial charge on any atom is -0.465 e. The molecule has 1 aliphatic carbocycles. The Bertz CT molecular complexity index is 913. The summed E-state index contributed by atoms with van der Waals surface area (Å²) in [6.07, 6.45) is 43.1. The fourth-order valence-electron chi connectivity index (χ4n) is 9.69. The zero-order chi connectivity index (χ0) is 45.1. The van der Waals surface area contributed by atoms with E-state index in [0.717, 1.165) is 103 Å². The molecule has 0 spiro atoms. The van der Waals surface area contributed by atoms with Gasteiger partial charge in [0.05, 0.1) is 19.3 Å². The molecule has 0 aromatic rings. The van der Waals surface area contributed by atoms with Crippen molar-refractivity contribution >= 4 is 11.9 Å². The van der Waals surface area contributed by atoms with Crippen LogP contribution in [0.15, 0.2) is 0 Å². The molecule has 2 atom stereocenters. The molecule has 1 N–H and O–H groups in total. The van der Waals surface area contributed by atoms with Gasteiger partial charge in [-0.25, -0.2) is 0 Å². The largest absolute Gasteiger partial charge is 0.465 e. The molecule has 0 aromatic heterocycles. The van der Waals surface area contributed by atoms with Crippen molar-refractivity contribution in [3.8, 4) is 0 Å². The minimum absolute atomic E-state index is 0.00464. The lowest BCUT2D eigenvalue weighted by atomic mass is 9.92. The average molecular weight is 877 g/mol. The molecular weight excluding hydrogens is 769 g/mol. The van der Waals surface area contributed by atoms with Crippen molar-refractivity contribution in [3.63, 3.8) is 0 Å². The molecule has 0 heterocycles. The second kappa shape index (κ2) is 43.7. The van der Waals surface area contributed by atoms with Crippen molar-refractivity contribution < 1.29 is 24.2 Å². The highest BCUT2D eigenvalue weighted by atomic mass is 16.5. The second-order valence-electron chi connectivity index (χ2n) is 19.9. The third-order valence-electron chi connectivity index (χ3n) is 13.9. The van der Waals surface area contributed by atoms with Crippen molar-refractivity contribution in [2.45, 2.75) is 284 Å². The summed E-state index contributed by atoms with van der Waals surface area (Å²) in [5.74, 6) is 1.03. The first-order valence-electron chi connectivity index (χ1n) is 27.8. The number of hydrogen-bond donors (Lipinski definition) is 1. The van der Waals surface area contributed by atoms with Crippen LogP contribution in [0.25, 0.3) is 0 Å². The Labute approximate surface area is 386 Å². The fourth-order valence-corrected chi connectivity index (χ4v) is 9.69. The van der Waals surface area contributed by atoms with Gasteiger partial charge < -0.3 is 19.5 Å². The molecule has 62 heavy (non-hydrogen) atoms. The predicted molar refractivity (Wildman–Crippen MR) is 266 cm³/mol. The quantitative estimate of drug-likeness (QED) is 0.0482. The van der Waals surface area contributed by atoms with Crippen molar-refractivity contribution in [3.05, 3.63) is 0 Å². The summed E-state index contributed by atoms with van der Waals surface area (Å²) >= 11 is 0. The Morgan fingerprint density at radius 3 is 1.21 bits per heavy atom. The molecule has 368 valence electrons. The summed E-state index contributed by atoms with van der Waals surface area (Å²) in [6, 6.07) is 0.584. The molecule has 1 rings (SSSR count). The van der Waals surface area contributed by atoms with E-state index in [0.29, 0.717) is 43.9 Å². The van der Waals surface area contributed by atoms with E-state index >= 15 is 0 Å². The molecule has 0 aliphatic heterocycles. The van der Waals surface area contributed by atoms with E-state index in [-0.39, 0.29) is 18.0 Å². The van der Waals surface area contributed by atoms with Gasteiger partial charge in [0.1, 0.15) is 0 Å². The van der Waals surface area contributed by atoms with Crippen LogP contribution < -0.4 is 0 Å². The van der Waals surface area contributed by atoms with Crippen molar-refractivity contribution in [2.75, 3.05) is 45.9 Å². The summed E-state index contributed by atoms with van der Waals surface area (Å²) in [5.41, 5.74) is 0. The van der Waals surface area contributed by atoms with Gasteiger partial charge in [0.15, 0.2) is 0 Å². The lowest BCUT2D eigenvalue weighted by Gasteiger charge is -2.37. The Morgan fingerprint density at radius 2 is 0.806 bits per heavy atom. The monoisotopic (exact) mass is 877 g/mol. The number of aliphatic hydroxyl groups excluding tert-OH is 1. The summed E-state index contributed by atoms with van der Waals surface area (Å²) < 4.78 is 11.8. The van der Waals surface area contributed by atoms with Gasteiger partial charge in [0.2, 0.25) is 0 Å². The normalized spacial score (nSPS) is 16.6. The fraction of sp³-hybridized carbons (Fsp3) is 0.964. The number of hydrogen-bond acceptors (Lipinski definition) is 7. The van der Waals surface area contributed by atoms with Crippen LogP contribution in [0.3, 0.4) is 0 Å². The van der Waals surface area contributed by atoms with Gasteiger partial charge in [0, 0.05) is 32.0 Å². The molecule has 1 fully saturated rings. The average Bonchev–Trinajstić information content (AvgIpc) is 3.27. The van der Waals surface area contributed by atoms with Crippen LogP contribution in [-0.2, 0) is 19.1 Å². The highest BCUT2D eigenvalue weighted by Gasteiger charge is 2.25. The first-order valence-corrected chi connectivity index (χ1v) is 27.8. The Balaban J connectivity index is 2.57. The Kier molecular flexibility index (Phi) is 41.5. The van der Waals surface area contributed by atoms with Gasteiger partial charge in [-0.15, -0.1) is 0 Å².